The number of nitrogens with zero attached hydrogens (tertiary/aromatic N) is 3. The van der Waals surface area contributed by atoms with Crippen LogP contribution in [-0.2, 0) is 0 Å². The Morgan fingerprint density at radius 3 is 2.54 bits per heavy atom. The second-order valence-electron chi connectivity index (χ2n) is 10.4. The van der Waals surface area contributed by atoms with E-state index in [-0.39, 0.29) is 0 Å². The fourth-order valence-electron chi connectivity index (χ4n) is 6.43. The molecule has 28 heavy (non-hydrogen) atoms. The molecule has 1 spiro atoms. The van der Waals surface area contributed by atoms with Crippen LogP contribution in [0.15, 0.2) is 24.3 Å². The topological polar surface area (TPSA) is 9.72 Å². The number of hydrogen-bond acceptors (Lipinski definition) is 3. The molecule has 3 nitrogen and oxygen atoms in total. The summed E-state index contributed by atoms with van der Waals surface area (Å²) in [7, 11) is 0. The predicted octanol–water partition coefficient (Wildman–Crippen LogP) is 4.55. The van der Waals surface area contributed by atoms with Crippen LogP contribution in [0.5, 0.6) is 0 Å². The van der Waals surface area contributed by atoms with Crippen molar-refractivity contribution in [3.63, 3.8) is 0 Å². The van der Waals surface area contributed by atoms with Crippen molar-refractivity contribution in [2.75, 3.05) is 50.7 Å². The van der Waals surface area contributed by atoms with Crippen molar-refractivity contribution >= 4 is 5.69 Å². The molecule has 5 rings (SSSR count). The third kappa shape index (κ3) is 3.98. The van der Waals surface area contributed by atoms with Crippen molar-refractivity contribution in [2.24, 2.45) is 11.3 Å². The Morgan fingerprint density at radius 2 is 1.79 bits per heavy atom. The van der Waals surface area contributed by atoms with Gasteiger partial charge >= 0.3 is 0 Å². The third-order valence-electron chi connectivity index (χ3n) is 8.30. The first-order valence-electron chi connectivity index (χ1n) is 12.0. The first kappa shape index (κ1) is 18.9. The van der Waals surface area contributed by atoms with Crippen molar-refractivity contribution < 1.29 is 0 Å². The number of benzene rings is 1. The Hall–Kier alpha value is -1.06. The molecular formula is C25H39N3. The number of piperidine rings is 2. The van der Waals surface area contributed by atoms with Gasteiger partial charge in [0, 0.05) is 44.5 Å². The Kier molecular flexibility index (Phi) is 5.40. The lowest BCUT2D eigenvalue weighted by Gasteiger charge is -2.44. The summed E-state index contributed by atoms with van der Waals surface area (Å²) in [5.74, 6) is 1.03. The zero-order valence-electron chi connectivity index (χ0n) is 17.9. The van der Waals surface area contributed by atoms with Crippen LogP contribution < -0.4 is 4.90 Å². The fraction of sp³-hybridized carbons (Fsp3) is 0.760. The minimum atomic E-state index is 0.621. The van der Waals surface area contributed by atoms with Crippen LogP contribution in [0.25, 0.3) is 0 Å². The molecule has 3 heterocycles. The van der Waals surface area contributed by atoms with Gasteiger partial charge in [-0.15, -0.1) is 0 Å². The number of rotatable bonds is 4. The molecule has 1 aromatic carbocycles. The van der Waals surface area contributed by atoms with Gasteiger partial charge in [0.15, 0.2) is 0 Å². The second kappa shape index (κ2) is 7.99. The van der Waals surface area contributed by atoms with Crippen LogP contribution in [-0.4, -0.2) is 61.7 Å². The van der Waals surface area contributed by atoms with E-state index >= 15 is 0 Å². The van der Waals surface area contributed by atoms with Gasteiger partial charge in [-0.1, -0.05) is 18.6 Å². The average molecular weight is 382 g/mol. The van der Waals surface area contributed by atoms with Crippen LogP contribution in [0.1, 0.15) is 56.9 Å². The van der Waals surface area contributed by atoms with E-state index in [2.05, 4.69) is 45.9 Å². The van der Waals surface area contributed by atoms with Crippen molar-refractivity contribution in [1.29, 1.82) is 0 Å². The smallest absolute Gasteiger partial charge is 0.0368 e. The first-order valence-corrected chi connectivity index (χ1v) is 12.0. The van der Waals surface area contributed by atoms with E-state index in [1.54, 1.807) is 0 Å². The first-order chi connectivity index (χ1) is 13.7. The Morgan fingerprint density at radius 1 is 0.929 bits per heavy atom. The van der Waals surface area contributed by atoms with Crippen molar-refractivity contribution in [1.82, 2.24) is 9.80 Å². The molecule has 1 unspecified atom stereocenters. The zero-order valence-corrected chi connectivity index (χ0v) is 17.9. The molecule has 0 N–H and O–H groups in total. The lowest BCUT2D eigenvalue weighted by molar-refractivity contribution is 0.0617. The minimum Gasteiger partial charge on any atom is -0.371 e. The highest BCUT2D eigenvalue weighted by molar-refractivity contribution is 5.48. The summed E-state index contributed by atoms with van der Waals surface area (Å²) in [6.45, 7) is 11.6. The van der Waals surface area contributed by atoms with Crippen LogP contribution in [0, 0.1) is 18.3 Å². The Labute approximate surface area is 172 Å². The van der Waals surface area contributed by atoms with Crippen molar-refractivity contribution in [3.05, 3.63) is 29.8 Å². The van der Waals surface area contributed by atoms with Crippen LogP contribution in [0.2, 0.25) is 0 Å². The summed E-state index contributed by atoms with van der Waals surface area (Å²) in [5.41, 5.74) is 3.43. The maximum Gasteiger partial charge on any atom is 0.0368 e. The third-order valence-corrected chi connectivity index (χ3v) is 8.30. The van der Waals surface area contributed by atoms with Crippen LogP contribution >= 0.6 is 0 Å². The summed E-state index contributed by atoms with van der Waals surface area (Å²) >= 11 is 0. The van der Waals surface area contributed by atoms with Crippen LogP contribution in [0.3, 0.4) is 0 Å². The maximum atomic E-state index is 2.89. The summed E-state index contributed by atoms with van der Waals surface area (Å²) in [6.07, 6.45) is 11.5. The Balaban J connectivity index is 1.14. The summed E-state index contributed by atoms with van der Waals surface area (Å²) in [4.78, 5) is 8.34. The predicted molar refractivity (Wildman–Crippen MR) is 118 cm³/mol. The number of hydrogen-bond donors (Lipinski definition) is 0. The van der Waals surface area contributed by atoms with E-state index in [9.17, 15) is 0 Å². The van der Waals surface area contributed by atoms with Gasteiger partial charge < -0.3 is 9.80 Å². The van der Waals surface area contributed by atoms with E-state index in [0.717, 1.165) is 12.0 Å². The van der Waals surface area contributed by atoms with E-state index in [1.807, 2.05) is 0 Å². The van der Waals surface area contributed by atoms with E-state index in [0.29, 0.717) is 5.41 Å². The van der Waals surface area contributed by atoms with Gasteiger partial charge in [-0.25, -0.2) is 0 Å². The Bertz CT molecular complexity index is 662. The van der Waals surface area contributed by atoms with E-state index in [1.165, 1.54) is 108 Å². The molecule has 1 atom stereocenters. The standard InChI is InChI=1S/C25H39N3/c1-21-5-2-8-24(17-21)27-14-9-23(10-15-27)28-16-12-25(20-28)11-4-13-26(19-25)18-22-6-3-7-22/h2,5,8,17,22-23H,3-4,6-7,9-16,18-20H2,1H3. The van der Waals surface area contributed by atoms with E-state index in [4.69, 9.17) is 0 Å². The van der Waals surface area contributed by atoms with E-state index < -0.39 is 0 Å². The molecule has 0 aromatic heterocycles. The fourth-order valence-corrected chi connectivity index (χ4v) is 6.43. The summed E-state index contributed by atoms with van der Waals surface area (Å²) in [6, 6.07) is 9.88. The van der Waals surface area contributed by atoms with Gasteiger partial charge in [-0.2, -0.15) is 0 Å². The lowest BCUT2D eigenvalue weighted by Crippen LogP contribution is -2.49. The molecule has 154 valence electrons. The van der Waals surface area contributed by atoms with Crippen LogP contribution in [0.4, 0.5) is 5.69 Å². The monoisotopic (exact) mass is 381 g/mol. The minimum absolute atomic E-state index is 0.621. The molecule has 3 heteroatoms. The SMILES string of the molecule is Cc1cccc(N2CCC(N3CCC4(CCCN(CC5CCC5)C4)C3)CC2)c1. The molecule has 3 aliphatic heterocycles. The largest absolute Gasteiger partial charge is 0.371 e. The number of aryl methyl sites for hydroxylation is 1. The molecule has 4 aliphatic rings. The summed E-state index contributed by atoms with van der Waals surface area (Å²) < 4.78 is 0. The molecule has 0 amide bonds. The molecule has 1 aromatic rings. The number of likely N-dealkylation sites (tertiary alicyclic amines) is 2. The average Bonchev–Trinajstić information content (AvgIpc) is 3.08. The highest BCUT2D eigenvalue weighted by Crippen LogP contribution is 2.41. The molecule has 4 fully saturated rings. The maximum absolute atomic E-state index is 2.89. The van der Waals surface area contributed by atoms with Gasteiger partial charge in [0.05, 0.1) is 0 Å². The number of anilines is 1. The quantitative estimate of drug-likeness (QED) is 0.757. The molecule has 1 saturated carbocycles. The van der Waals surface area contributed by atoms with Gasteiger partial charge in [-0.05, 0) is 94.0 Å². The zero-order chi connectivity index (χ0) is 19.0. The molecule has 0 bridgehead atoms. The molecule has 1 aliphatic carbocycles. The van der Waals surface area contributed by atoms with Gasteiger partial charge in [0.2, 0.25) is 0 Å². The second-order valence-corrected chi connectivity index (χ2v) is 10.4. The van der Waals surface area contributed by atoms with Gasteiger partial charge in [0.25, 0.3) is 0 Å². The van der Waals surface area contributed by atoms with Gasteiger partial charge in [0.1, 0.15) is 0 Å². The summed E-state index contributed by atoms with van der Waals surface area (Å²) in [5, 5.41) is 0. The normalized spacial score (nSPS) is 30.8. The van der Waals surface area contributed by atoms with Crippen molar-refractivity contribution in [3.8, 4) is 0 Å². The molecule has 0 radical (unpaired) electrons. The molecule has 3 saturated heterocycles. The van der Waals surface area contributed by atoms with Crippen molar-refractivity contribution in [2.45, 2.75) is 64.3 Å². The lowest BCUT2D eigenvalue weighted by atomic mass is 9.78. The highest BCUT2D eigenvalue weighted by Gasteiger charge is 2.43. The molecular weight excluding hydrogens is 342 g/mol. The highest BCUT2D eigenvalue weighted by atomic mass is 15.2. The van der Waals surface area contributed by atoms with Gasteiger partial charge in [-0.3, -0.25) is 4.90 Å².